The third-order valence-electron chi connectivity index (χ3n) is 3.91. The fraction of sp³-hybridized carbons (Fsp3) is 0.333. The van der Waals surface area contributed by atoms with E-state index in [-0.39, 0.29) is 5.82 Å². The number of hydrogen-bond acceptors (Lipinski definition) is 5. The van der Waals surface area contributed by atoms with Gasteiger partial charge in [-0.3, -0.25) is 4.90 Å². The molecule has 1 N–H and O–H groups in total. The lowest BCUT2D eigenvalue weighted by Gasteiger charge is -2.27. The first kappa shape index (κ1) is 17.5. The summed E-state index contributed by atoms with van der Waals surface area (Å²) in [5.74, 6) is 2.95. The van der Waals surface area contributed by atoms with Gasteiger partial charge in [0.25, 0.3) is 0 Å². The molecule has 3 rings (SSSR count). The van der Waals surface area contributed by atoms with E-state index in [1.807, 2.05) is 42.1 Å². The molecule has 0 atom stereocenters. The van der Waals surface area contributed by atoms with Crippen LogP contribution < -0.4 is 9.46 Å². The van der Waals surface area contributed by atoms with Crippen molar-refractivity contribution in [2.24, 2.45) is 0 Å². The van der Waals surface area contributed by atoms with Crippen LogP contribution in [0.15, 0.2) is 47.4 Å². The van der Waals surface area contributed by atoms with Gasteiger partial charge in [0, 0.05) is 36.0 Å². The molecule has 128 valence electrons. The van der Waals surface area contributed by atoms with E-state index in [4.69, 9.17) is 4.74 Å². The molecule has 0 spiro atoms. The second-order valence-corrected chi connectivity index (χ2v) is 7.67. The fourth-order valence-electron chi connectivity index (χ4n) is 2.54. The number of nitrogens with zero attached hydrogens (tertiary/aromatic N) is 1. The lowest BCUT2D eigenvalue weighted by atomic mass is 10.1. The number of methoxy groups -OCH3 is 1. The molecule has 1 aliphatic rings. The Morgan fingerprint density at radius 2 is 1.92 bits per heavy atom. The van der Waals surface area contributed by atoms with Crippen molar-refractivity contribution in [1.29, 1.82) is 0 Å². The first-order valence-corrected chi connectivity index (χ1v) is 9.87. The maximum Gasteiger partial charge on any atom is 0.125 e. The Kier molecular flexibility index (Phi) is 6.29. The summed E-state index contributed by atoms with van der Waals surface area (Å²) >= 11 is 3.48. The molecule has 0 bridgehead atoms. The summed E-state index contributed by atoms with van der Waals surface area (Å²) in [7, 11) is 1.65. The van der Waals surface area contributed by atoms with Gasteiger partial charge < -0.3 is 9.46 Å². The molecule has 0 aromatic heterocycles. The van der Waals surface area contributed by atoms with Gasteiger partial charge in [0.1, 0.15) is 11.6 Å². The third-order valence-corrected chi connectivity index (χ3v) is 5.68. The standard InChI is InChI=1S/C18H21FN2OS2/c1-22-16-4-6-17(7-5-16)24-20-18-12-15(19)3-2-14(18)13-21-8-10-23-11-9-21/h2-7,12,20H,8-11,13H2,1H3. The second-order valence-electron chi connectivity index (χ2n) is 5.57. The molecular weight excluding hydrogens is 343 g/mol. The van der Waals surface area contributed by atoms with Crippen molar-refractivity contribution in [2.75, 3.05) is 36.4 Å². The number of halogens is 1. The van der Waals surface area contributed by atoms with Crippen LogP contribution in [0.2, 0.25) is 0 Å². The van der Waals surface area contributed by atoms with E-state index in [0.29, 0.717) is 0 Å². The molecule has 0 saturated carbocycles. The maximum atomic E-state index is 13.7. The SMILES string of the molecule is COc1ccc(SNc2cc(F)ccc2CN2CCSCC2)cc1. The number of ether oxygens (including phenoxy) is 1. The summed E-state index contributed by atoms with van der Waals surface area (Å²) in [5, 5.41) is 0. The van der Waals surface area contributed by atoms with Gasteiger partial charge in [0.2, 0.25) is 0 Å². The van der Waals surface area contributed by atoms with Gasteiger partial charge in [-0.25, -0.2) is 4.39 Å². The van der Waals surface area contributed by atoms with Crippen LogP contribution in [-0.2, 0) is 6.54 Å². The summed E-state index contributed by atoms with van der Waals surface area (Å²) in [5.41, 5.74) is 1.97. The van der Waals surface area contributed by atoms with E-state index in [2.05, 4.69) is 9.62 Å². The molecule has 1 saturated heterocycles. The molecule has 0 radical (unpaired) electrons. The molecule has 2 aromatic carbocycles. The molecule has 0 unspecified atom stereocenters. The highest BCUT2D eigenvalue weighted by Crippen LogP contribution is 2.27. The van der Waals surface area contributed by atoms with Crippen molar-refractivity contribution in [3.63, 3.8) is 0 Å². The van der Waals surface area contributed by atoms with Crippen LogP contribution in [0.25, 0.3) is 0 Å². The molecule has 0 amide bonds. The monoisotopic (exact) mass is 364 g/mol. The van der Waals surface area contributed by atoms with Gasteiger partial charge in [-0.1, -0.05) is 6.07 Å². The average molecular weight is 365 g/mol. The van der Waals surface area contributed by atoms with E-state index in [9.17, 15) is 4.39 Å². The number of thioether (sulfide) groups is 1. The van der Waals surface area contributed by atoms with Gasteiger partial charge in [0.05, 0.1) is 12.8 Å². The van der Waals surface area contributed by atoms with Crippen LogP contribution in [0.1, 0.15) is 5.56 Å². The first-order chi connectivity index (χ1) is 11.7. The Bertz CT molecular complexity index is 661. The zero-order valence-corrected chi connectivity index (χ0v) is 15.3. The van der Waals surface area contributed by atoms with Crippen LogP contribution in [0.5, 0.6) is 5.75 Å². The van der Waals surface area contributed by atoms with Crippen molar-refractivity contribution >= 4 is 29.4 Å². The van der Waals surface area contributed by atoms with Crippen LogP contribution >= 0.6 is 23.7 Å². The van der Waals surface area contributed by atoms with Crippen LogP contribution in [-0.4, -0.2) is 36.6 Å². The quantitative estimate of drug-likeness (QED) is 0.761. The Morgan fingerprint density at radius 3 is 2.62 bits per heavy atom. The molecule has 3 nitrogen and oxygen atoms in total. The van der Waals surface area contributed by atoms with Crippen LogP contribution in [0.4, 0.5) is 10.1 Å². The summed E-state index contributed by atoms with van der Waals surface area (Å²) in [6.07, 6.45) is 0. The Hall–Kier alpha value is -1.37. The number of hydrogen-bond donors (Lipinski definition) is 1. The molecule has 0 aliphatic carbocycles. The van der Waals surface area contributed by atoms with E-state index in [1.165, 1.54) is 29.5 Å². The lowest BCUT2D eigenvalue weighted by Crippen LogP contribution is -2.32. The molecular formula is C18H21FN2OS2. The predicted octanol–water partition coefficient (Wildman–Crippen LogP) is 4.50. The maximum absolute atomic E-state index is 13.7. The van der Waals surface area contributed by atoms with E-state index in [0.717, 1.165) is 41.5 Å². The number of nitrogens with one attached hydrogen (secondary N) is 1. The number of rotatable bonds is 6. The zero-order chi connectivity index (χ0) is 16.8. The normalized spacial score (nSPS) is 15.2. The van der Waals surface area contributed by atoms with Crippen molar-refractivity contribution in [1.82, 2.24) is 4.90 Å². The summed E-state index contributed by atoms with van der Waals surface area (Å²) in [4.78, 5) is 3.48. The Balaban J connectivity index is 1.67. The van der Waals surface area contributed by atoms with Crippen LogP contribution in [0, 0.1) is 5.82 Å². The van der Waals surface area contributed by atoms with Gasteiger partial charge >= 0.3 is 0 Å². The minimum atomic E-state index is -0.217. The minimum absolute atomic E-state index is 0.217. The second kappa shape index (κ2) is 8.65. The predicted molar refractivity (Wildman–Crippen MR) is 101 cm³/mol. The molecule has 1 heterocycles. The van der Waals surface area contributed by atoms with Crippen LogP contribution in [0.3, 0.4) is 0 Å². The van der Waals surface area contributed by atoms with Crippen molar-refractivity contribution in [3.8, 4) is 5.75 Å². The highest BCUT2D eigenvalue weighted by atomic mass is 32.2. The zero-order valence-electron chi connectivity index (χ0n) is 13.6. The smallest absolute Gasteiger partial charge is 0.125 e. The average Bonchev–Trinajstić information content (AvgIpc) is 2.63. The fourth-order valence-corrected chi connectivity index (χ4v) is 4.21. The van der Waals surface area contributed by atoms with Gasteiger partial charge in [0.15, 0.2) is 0 Å². The number of benzene rings is 2. The largest absolute Gasteiger partial charge is 0.497 e. The lowest BCUT2D eigenvalue weighted by molar-refractivity contribution is 0.295. The van der Waals surface area contributed by atoms with Crippen molar-refractivity contribution in [3.05, 3.63) is 53.8 Å². The summed E-state index contributed by atoms with van der Waals surface area (Å²) in [6.45, 7) is 3.03. The van der Waals surface area contributed by atoms with Gasteiger partial charge in [-0.2, -0.15) is 11.8 Å². The highest BCUT2D eigenvalue weighted by Gasteiger charge is 2.13. The topological polar surface area (TPSA) is 24.5 Å². The highest BCUT2D eigenvalue weighted by molar-refractivity contribution is 8.00. The van der Waals surface area contributed by atoms with E-state index < -0.39 is 0 Å². The molecule has 24 heavy (non-hydrogen) atoms. The Morgan fingerprint density at radius 1 is 1.17 bits per heavy atom. The van der Waals surface area contributed by atoms with Gasteiger partial charge in [-0.15, -0.1) is 0 Å². The molecule has 2 aromatic rings. The van der Waals surface area contributed by atoms with Crippen molar-refractivity contribution in [2.45, 2.75) is 11.4 Å². The van der Waals surface area contributed by atoms with Gasteiger partial charge in [-0.05, 0) is 53.9 Å². The summed E-state index contributed by atoms with van der Waals surface area (Å²) in [6, 6.07) is 12.8. The molecule has 1 aliphatic heterocycles. The van der Waals surface area contributed by atoms with Crippen molar-refractivity contribution < 1.29 is 9.13 Å². The third kappa shape index (κ3) is 4.82. The molecule has 1 fully saturated rings. The van der Waals surface area contributed by atoms with E-state index in [1.54, 1.807) is 13.2 Å². The first-order valence-electron chi connectivity index (χ1n) is 7.90. The summed E-state index contributed by atoms with van der Waals surface area (Å²) < 4.78 is 22.1. The minimum Gasteiger partial charge on any atom is -0.497 e. The number of anilines is 1. The molecule has 6 heteroatoms. The Labute approximate surface area is 151 Å². The van der Waals surface area contributed by atoms with E-state index >= 15 is 0 Å².